The van der Waals surface area contributed by atoms with E-state index in [0.717, 1.165) is 18.4 Å². The van der Waals surface area contributed by atoms with E-state index in [4.69, 9.17) is 0 Å². The van der Waals surface area contributed by atoms with Crippen molar-refractivity contribution in [2.75, 3.05) is 0 Å². The van der Waals surface area contributed by atoms with Gasteiger partial charge < -0.3 is 0 Å². The summed E-state index contributed by atoms with van der Waals surface area (Å²) in [5.41, 5.74) is 2.28. The first-order valence-electron chi connectivity index (χ1n) is 8.53. The smallest absolute Gasteiger partial charge is 0.135 e. The first kappa shape index (κ1) is 18.5. The van der Waals surface area contributed by atoms with Crippen molar-refractivity contribution < 1.29 is 13.2 Å². The molecule has 0 aliphatic carbocycles. The predicted octanol–water partition coefficient (Wildman–Crippen LogP) is 6.29. The van der Waals surface area contributed by atoms with E-state index in [1.807, 2.05) is 30.3 Å². The molecule has 0 saturated carbocycles. The van der Waals surface area contributed by atoms with Crippen LogP contribution in [-0.4, -0.2) is 0 Å². The third-order valence-corrected chi connectivity index (χ3v) is 4.12. The van der Waals surface area contributed by atoms with Gasteiger partial charge in [-0.3, -0.25) is 0 Å². The molecule has 0 saturated heterocycles. The SMILES string of the molecule is C=CCCc1ccc(C#Cc2cc(F)c(-c3ccc(F)cc3)c(F)c2)cc1. The zero-order valence-corrected chi connectivity index (χ0v) is 14.6. The number of rotatable bonds is 4. The molecule has 0 bridgehead atoms. The maximum absolute atomic E-state index is 14.4. The van der Waals surface area contributed by atoms with Crippen molar-refractivity contribution in [1.82, 2.24) is 0 Å². The third-order valence-electron chi connectivity index (χ3n) is 4.12. The Morgan fingerprint density at radius 3 is 1.96 bits per heavy atom. The lowest BCUT2D eigenvalue weighted by molar-refractivity contribution is 0.588. The topological polar surface area (TPSA) is 0 Å². The van der Waals surface area contributed by atoms with Crippen LogP contribution in [0.4, 0.5) is 13.2 Å². The van der Waals surface area contributed by atoms with Gasteiger partial charge in [-0.15, -0.1) is 6.58 Å². The van der Waals surface area contributed by atoms with Crippen LogP contribution in [0.3, 0.4) is 0 Å². The van der Waals surface area contributed by atoms with Gasteiger partial charge in [0.1, 0.15) is 17.5 Å². The van der Waals surface area contributed by atoms with E-state index in [2.05, 4.69) is 18.4 Å². The molecule has 0 nitrogen and oxygen atoms in total. The zero-order valence-electron chi connectivity index (χ0n) is 14.6. The van der Waals surface area contributed by atoms with Crippen molar-refractivity contribution >= 4 is 0 Å². The molecule has 0 N–H and O–H groups in total. The van der Waals surface area contributed by atoms with Crippen LogP contribution in [0.2, 0.25) is 0 Å². The quantitative estimate of drug-likeness (QED) is 0.378. The van der Waals surface area contributed by atoms with Gasteiger partial charge in [0, 0.05) is 11.1 Å². The molecule has 3 aromatic rings. The van der Waals surface area contributed by atoms with Gasteiger partial charge in [0.05, 0.1) is 5.56 Å². The molecule has 3 heteroatoms. The highest BCUT2D eigenvalue weighted by Gasteiger charge is 2.13. The number of halogens is 3. The Hall–Kier alpha value is -3.25. The summed E-state index contributed by atoms with van der Waals surface area (Å²) in [5, 5.41) is 0. The van der Waals surface area contributed by atoms with Gasteiger partial charge in [0.15, 0.2) is 0 Å². The Kier molecular flexibility index (Phi) is 5.78. The number of hydrogen-bond donors (Lipinski definition) is 0. The molecule has 27 heavy (non-hydrogen) atoms. The normalized spacial score (nSPS) is 10.2. The standard InChI is InChI=1S/C24H17F3/c1-2-3-4-17-5-7-18(8-6-17)9-10-19-15-22(26)24(23(27)16-19)20-11-13-21(25)14-12-20/h2,5-8,11-16H,1,3-4H2. The van der Waals surface area contributed by atoms with Crippen LogP contribution < -0.4 is 0 Å². The number of allylic oxidation sites excluding steroid dienone is 1. The average Bonchev–Trinajstić information content (AvgIpc) is 2.66. The van der Waals surface area contributed by atoms with Gasteiger partial charge in [-0.05, 0) is 60.4 Å². The second kappa shape index (κ2) is 8.42. The zero-order chi connectivity index (χ0) is 19.2. The molecule has 0 fully saturated rings. The maximum atomic E-state index is 14.4. The van der Waals surface area contributed by atoms with E-state index in [1.54, 1.807) is 0 Å². The molecule has 0 atom stereocenters. The Bertz CT molecular complexity index is 981. The maximum Gasteiger partial charge on any atom is 0.135 e. The molecule has 3 rings (SSSR count). The summed E-state index contributed by atoms with van der Waals surface area (Å²) in [6.45, 7) is 3.70. The molecular weight excluding hydrogens is 345 g/mol. The Morgan fingerprint density at radius 1 is 0.778 bits per heavy atom. The molecule has 0 aliphatic rings. The van der Waals surface area contributed by atoms with Gasteiger partial charge >= 0.3 is 0 Å². The lowest BCUT2D eigenvalue weighted by Gasteiger charge is -2.06. The molecule has 134 valence electrons. The first-order chi connectivity index (χ1) is 13.1. The van der Waals surface area contributed by atoms with E-state index < -0.39 is 17.5 Å². The van der Waals surface area contributed by atoms with Crippen LogP contribution in [0.15, 0.2) is 73.3 Å². The minimum absolute atomic E-state index is 0.188. The summed E-state index contributed by atoms with van der Waals surface area (Å²) in [6, 6.07) is 15.1. The highest BCUT2D eigenvalue weighted by atomic mass is 19.1. The Balaban J connectivity index is 1.84. The molecule has 0 unspecified atom stereocenters. The van der Waals surface area contributed by atoms with Crippen molar-refractivity contribution in [2.45, 2.75) is 12.8 Å². The van der Waals surface area contributed by atoms with Gasteiger partial charge in [-0.1, -0.05) is 42.2 Å². The van der Waals surface area contributed by atoms with Crippen molar-refractivity contribution in [3.63, 3.8) is 0 Å². The number of benzene rings is 3. The fourth-order valence-electron chi connectivity index (χ4n) is 2.71. The minimum atomic E-state index is -0.731. The number of hydrogen-bond acceptors (Lipinski definition) is 0. The van der Waals surface area contributed by atoms with E-state index >= 15 is 0 Å². The average molecular weight is 362 g/mol. The molecule has 0 amide bonds. The molecule has 0 spiro atoms. The largest absolute Gasteiger partial charge is 0.207 e. The highest BCUT2D eigenvalue weighted by molar-refractivity contribution is 5.66. The van der Waals surface area contributed by atoms with Crippen LogP contribution in [0.1, 0.15) is 23.1 Å². The summed E-state index contributed by atoms with van der Waals surface area (Å²) in [7, 11) is 0. The van der Waals surface area contributed by atoms with Crippen LogP contribution in [-0.2, 0) is 6.42 Å². The fourth-order valence-corrected chi connectivity index (χ4v) is 2.71. The highest BCUT2D eigenvalue weighted by Crippen LogP contribution is 2.27. The van der Waals surface area contributed by atoms with Crippen LogP contribution in [0.5, 0.6) is 0 Å². The van der Waals surface area contributed by atoms with Crippen LogP contribution >= 0.6 is 0 Å². The van der Waals surface area contributed by atoms with E-state index in [0.29, 0.717) is 0 Å². The summed E-state index contributed by atoms with van der Waals surface area (Å²) in [5.74, 6) is 3.78. The Labute approximate surface area is 157 Å². The predicted molar refractivity (Wildman–Crippen MR) is 103 cm³/mol. The molecular formula is C24H17F3. The molecule has 0 radical (unpaired) electrons. The lowest BCUT2D eigenvalue weighted by Crippen LogP contribution is -1.92. The molecule has 0 aliphatic heterocycles. The van der Waals surface area contributed by atoms with E-state index in [1.165, 1.54) is 42.0 Å². The van der Waals surface area contributed by atoms with Gasteiger partial charge in [0.2, 0.25) is 0 Å². The second-order valence-corrected chi connectivity index (χ2v) is 6.10. The van der Waals surface area contributed by atoms with Crippen molar-refractivity contribution in [2.24, 2.45) is 0 Å². The third kappa shape index (κ3) is 4.68. The van der Waals surface area contributed by atoms with Crippen molar-refractivity contribution in [1.29, 1.82) is 0 Å². The Morgan fingerprint density at radius 2 is 1.37 bits per heavy atom. The molecule has 0 heterocycles. The van der Waals surface area contributed by atoms with Crippen molar-refractivity contribution in [3.05, 3.63) is 107 Å². The summed E-state index contributed by atoms with van der Waals surface area (Å²) in [6.07, 6.45) is 3.69. The van der Waals surface area contributed by atoms with Crippen LogP contribution in [0.25, 0.3) is 11.1 Å². The number of aryl methyl sites for hydroxylation is 1. The monoisotopic (exact) mass is 362 g/mol. The summed E-state index contributed by atoms with van der Waals surface area (Å²) < 4.78 is 41.8. The van der Waals surface area contributed by atoms with E-state index in [9.17, 15) is 13.2 Å². The second-order valence-electron chi connectivity index (χ2n) is 6.10. The van der Waals surface area contributed by atoms with Crippen LogP contribution in [0, 0.1) is 29.3 Å². The summed E-state index contributed by atoms with van der Waals surface area (Å²) in [4.78, 5) is 0. The minimum Gasteiger partial charge on any atom is -0.207 e. The van der Waals surface area contributed by atoms with Gasteiger partial charge in [-0.2, -0.15) is 0 Å². The summed E-state index contributed by atoms with van der Waals surface area (Å²) >= 11 is 0. The van der Waals surface area contributed by atoms with Crippen molar-refractivity contribution in [3.8, 4) is 23.0 Å². The van der Waals surface area contributed by atoms with Gasteiger partial charge in [0.25, 0.3) is 0 Å². The van der Waals surface area contributed by atoms with E-state index in [-0.39, 0.29) is 16.7 Å². The van der Waals surface area contributed by atoms with Gasteiger partial charge in [-0.25, -0.2) is 13.2 Å². The molecule has 3 aromatic carbocycles. The first-order valence-corrected chi connectivity index (χ1v) is 8.53. The molecule has 0 aromatic heterocycles. The fraction of sp³-hybridized carbons (Fsp3) is 0.0833. The lowest BCUT2D eigenvalue weighted by atomic mass is 10.0.